The van der Waals surface area contributed by atoms with Crippen LogP contribution in [0.3, 0.4) is 0 Å². The highest BCUT2D eigenvalue weighted by atomic mass is 127. The predicted octanol–water partition coefficient (Wildman–Crippen LogP) is 5.52. The molecule has 0 spiro atoms. The summed E-state index contributed by atoms with van der Waals surface area (Å²) in [7, 11) is 1.48. The summed E-state index contributed by atoms with van der Waals surface area (Å²) in [6.07, 6.45) is 4.11. The molecule has 3 heterocycles. The Morgan fingerprint density at radius 1 is 1.25 bits per heavy atom. The smallest absolute Gasteiger partial charge is 0.327 e. The number of rotatable bonds is 3. The lowest BCUT2D eigenvalue weighted by atomic mass is 9.84. The first kappa shape index (κ1) is 21.5. The highest BCUT2D eigenvalue weighted by Gasteiger charge is 2.46. The summed E-state index contributed by atoms with van der Waals surface area (Å²) < 4.78 is 4.54. The van der Waals surface area contributed by atoms with Crippen molar-refractivity contribution >= 4 is 39.5 Å². The Hall–Kier alpha value is -2.32. The average molecular weight is 542 g/mol. The van der Waals surface area contributed by atoms with E-state index in [-0.39, 0.29) is 11.7 Å². The monoisotopic (exact) mass is 542 g/mol. The number of halogens is 1. The predicted molar refractivity (Wildman–Crippen MR) is 135 cm³/mol. The van der Waals surface area contributed by atoms with Crippen molar-refractivity contribution in [2.45, 2.75) is 29.7 Å². The fourth-order valence-electron chi connectivity index (χ4n) is 5.25. The van der Waals surface area contributed by atoms with Gasteiger partial charge in [-0.25, -0.2) is 0 Å². The van der Waals surface area contributed by atoms with Crippen molar-refractivity contribution in [2.75, 3.05) is 20.2 Å². The molecule has 0 fully saturated rings. The van der Waals surface area contributed by atoms with Crippen LogP contribution in [0.1, 0.15) is 31.0 Å². The zero-order valence-electron chi connectivity index (χ0n) is 18.3. The topological polar surface area (TPSA) is 65.6 Å². The first-order valence-electron chi connectivity index (χ1n) is 11.0. The van der Waals surface area contributed by atoms with Gasteiger partial charge in [0.05, 0.1) is 7.11 Å². The van der Waals surface area contributed by atoms with E-state index in [1.54, 1.807) is 12.1 Å². The summed E-state index contributed by atoms with van der Waals surface area (Å²) in [4.78, 5) is 19.2. The van der Waals surface area contributed by atoms with Gasteiger partial charge in [0.1, 0.15) is 5.75 Å². The molecule has 0 saturated heterocycles. The first-order chi connectivity index (χ1) is 15.4. The minimum Gasteiger partial charge on any atom is -0.508 e. The lowest BCUT2D eigenvalue weighted by Crippen LogP contribution is -2.43. The third kappa shape index (κ3) is 3.63. The number of carbonyl (C=O) groups is 1. The number of aromatic nitrogens is 1. The second-order valence-electron chi connectivity index (χ2n) is 8.89. The minimum atomic E-state index is -0.768. The SMILES string of the molecule is CCC1=C[C@H]2CN(C1)Cc1c([nH]c3ccc(-c4cccc(O)c4)cc13)[C@](I)(C(=O)OC)C2. The van der Waals surface area contributed by atoms with Gasteiger partial charge in [-0.3, -0.25) is 9.69 Å². The molecule has 3 aromatic rings. The van der Waals surface area contributed by atoms with E-state index in [0.717, 1.165) is 59.3 Å². The molecule has 5 rings (SSSR count). The number of benzene rings is 2. The van der Waals surface area contributed by atoms with Crippen LogP contribution in [0.15, 0.2) is 54.1 Å². The Kier molecular flexibility index (Phi) is 5.53. The molecule has 0 aliphatic carbocycles. The summed E-state index contributed by atoms with van der Waals surface area (Å²) in [5.74, 6) is 0.365. The Bertz CT molecular complexity index is 1230. The van der Waals surface area contributed by atoms with Crippen molar-refractivity contribution < 1.29 is 14.6 Å². The summed E-state index contributed by atoms with van der Waals surface area (Å²) in [5.41, 5.74) is 6.59. The van der Waals surface area contributed by atoms with Crippen LogP contribution >= 0.6 is 22.6 Å². The van der Waals surface area contributed by atoms with E-state index >= 15 is 0 Å². The van der Waals surface area contributed by atoms with Gasteiger partial charge in [0, 0.05) is 36.2 Å². The van der Waals surface area contributed by atoms with Crippen LogP contribution in [0.4, 0.5) is 0 Å². The van der Waals surface area contributed by atoms with E-state index in [9.17, 15) is 9.90 Å². The van der Waals surface area contributed by atoms with Crippen LogP contribution in [0.25, 0.3) is 22.0 Å². The third-order valence-electron chi connectivity index (χ3n) is 6.76. The molecule has 3 atom stereocenters. The number of hydrogen-bond donors (Lipinski definition) is 2. The lowest BCUT2D eigenvalue weighted by Gasteiger charge is -2.39. The van der Waals surface area contributed by atoms with E-state index in [1.807, 2.05) is 12.1 Å². The molecule has 2 aromatic carbocycles. The van der Waals surface area contributed by atoms with Crippen LogP contribution in [-0.2, 0) is 19.5 Å². The van der Waals surface area contributed by atoms with Crippen molar-refractivity contribution in [1.29, 1.82) is 0 Å². The Balaban J connectivity index is 1.70. The molecule has 2 N–H and O–H groups in total. The largest absolute Gasteiger partial charge is 0.508 e. The highest BCUT2D eigenvalue weighted by molar-refractivity contribution is 14.1. The number of aromatic amines is 1. The molecule has 0 saturated carbocycles. The van der Waals surface area contributed by atoms with Gasteiger partial charge >= 0.3 is 5.97 Å². The molecule has 2 aliphatic heterocycles. The number of hydrogen-bond acceptors (Lipinski definition) is 4. The Morgan fingerprint density at radius 3 is 2.81 bits per heavy atom. The molecule has 1 aromatic heterocycles. The van der Waals surface area contributed by atoms with Crippen molar-refractivity contribution in [3.05, 3.63) is 65.4 Å². The number of H-pyrrole nitrogens is 1. The molecule has 2 aliphatic rings. The molecule has 6 heteroatoms. The molecule has 1 unspecified atom stereocenters. The van der Waals surface area contributed by atoms with E-state index in [2.05, 4.69) is 63.7 Å². The minimum absolute atomic E-state index is 0.204. The number of phenols is 1. The number of alkyl halides is 1. The molecule has 5 nitrogen and oxygen atoms in total. The number of fused-ring (bicyclic) bond motifs is 5. The third-order valence-corrected chi connectivity index (χ3v) is 8.18. The second kappa shape index (κ2) is 8.23. The number of phenolic OH excluding ortho intramolecular Hbond substituents is 1. The summed E-state index contributed by atoms with van der Waals surface area (Å²) in [6, 6.07) is 13.6. The molecule has 0 radical (unpaired) electrons. The summed E-state index contributed by atoms with van der Waals surface area (Å²) >= 11 is 2.31. The Morgan fingerprint density at radius 2 is 2.06 bits per heavy atom. The number of esters is 1. The quantitative estimate of drug-likeness (QED) is 0.198. The van der Waals surface area contributed by atoms with E-state index in [1.165, 1.54) is 12.7 Å². The van der Waals surface area contributed by atoms with Gasteiger partial charge in [-0.05, 0) is 59.7 Å². The Labute approximate surface area is 201 Å². The van der Waals surface area contributed by atoms with Crippen molar-refractivity contribution in [3.63, 3.8) is 0 Å². The molecular weight excluding hydrogens is 515 g/mol. The fourth-order valence-corrected chi connectivity index (χ4v) is 6.49. The molecule has 32 heavy (non-hydrogen) atoms. The van der Waals surface area contributed by atoms with Crippen molar-refractivity contribution in [1.82, 2.24) is 9.88 Å². The maximum atomic E-state index is 13.1. The zero-order valence-corrected chi connectivity index (χ0v) is 20.5. The lowest BCUT2D eigenvalue weighted by molar-refractivity contribution is -0.143. The van der Waals surface area contributed by atoms with Crippen LogP contribution in [-0.4, -0.2) is 41.2 Å². The van der Waals surface area contributed by atoms with Gasteiger partial charge < -0.3 is 14.8 Å². The van der Waals surface area contributed by atoms with E-state index < -0.39 is 3.42 Å². The first-order valence-corrected chi connectivity index (χ1v) is 12.1. The van der Waals surface area contributed by atoms with Crippen LogP contribution in [0.5, 0.6) is 5.75 Å². The number of methoxy groups -OCH3 is 1. The number of carbonyl (C=O) groups excluding carboxylic acids is 1. The second-order valence-corrected chi connectivity index (χ2v) is 10.7. The van der Waals surface area contributed by atoms with Crippen molar-refractivity contribution in [3.8, 4) is 16.9 Å². The van der Waals surface area contributed by atoms with Gasteiger partial charge in [0.2, 0.25) is 0 Å². The molecule has 166 valence electrons. The highest BCUT2D eigenvalue weighted by Crippen LogP contribution is 2.46. The molecule has 2 bridgehead atoms. The van der Waals surface area contributed by atoms with Gasteiger partial charge in [0.25, 0.3) is 0 Å². The van der Waals surface area contributed by atoms with Gasteiger partial charge in [0.15, 0.2) is 3.42 Å². The molecular formula is C26H27IN2O3. The van der Waals surface area contributed by atoms with Crippen LogP contribution in [0.2, 0.25) is 0 Å². The number of nitrogens with one attached hydrogen (secondary N) is 1. The fraction of sp³-hybridized carbons (Fsp3) is 0.346. The number of nitrogens with zero attached hydrogens (tertiary/aromatic N) is 1. The average Bonchev–Trinajstić information content (AvgIpc) is 3.15. The summed E-state index contributed by atoms with van der Waals surface area (Å²) in [6.45, 7) is 4.91. The van der Waals surface area contributed by atoms with Crippen molar-refractivity contribution in [2.24, 2.45) is 5.92 Å². The van der Waals surface area contributed by atoms with E-state index in [4.69, 9.17) is 4.74 Å². The normalized spacial score (nSPS) is 24.9. The van der Waals surface area contributed by atoms with E-state index in [0.29, 0.717) is 12.3 Å². The zero-order chi connectivity index (χ0) is 22.5. The van der Waals surface area contributed by atoms with Gasteiger partial charge in [-0.15, -0.1) is 0 Å². The van der Waals surface area contributed by atoms with Gasteiger partial charge in [-0.1, -0.05) is 59.4 Å². The summed E-state index contributed by atoms with van der Waals surface area (Å²) in [5, 5.41) is 11.1. The standard InChI is InChI=1S/C26H27IN2O3/c1-3-16-9-17-12-26(27,25(31)32-2)24-22(15-29(13-16)14-17)21-11-19(7-8-23(21)28-24)18-5-4-6-20(30)10-18/h4-11,17,28,30H,3,12-15H2,1-2H3/t17-,26+/m1/s1. The maximum absolute atomic E-state index is 13.1. The van der Waals surface area contributed by atoms with Crippen LogP contribution in [0, 0.1) is 5.92 Å². The van der Waals surface area contributed by atoms with Crippen LogP contribution < -0.4 is 0 Å². The number of ether oxygens (including phenoxy) is 1. The van der Waals surface area contributed by atoms with Gasteiger partial charge in [-0.2, -0.15) is 0 Å². The molecule has 0 amide bonds. The number of aromatic hydroxyl groups is 1. The maximum Gasteiger partial charge on any atom is 0.327 e.